The zero-order valence-corrected chi connectivity index (χ0v) is 31.5. The molecule has 6 heteroatoms. The molecule has 2 aromatic heterocycles. The Morgan fingerprint density at radius 2 is 1.42 bits per heavy atom. The smallest absolute Gasteiger partial charge is 0.252 e. The van der Waals surface area contributed by atoms with E-state index in [4.69, 9.17) is 9.97 Å². The number of fused-ring (bicyclic) bond motifs is 10. The summed E-state index contributed by atoms with van der Waals surface area (Å²) in [5, 5.41) is 8.07. The monoisotopic (exact) mass is 688 g/mol. The fourth-order valence-corrected chi connectivity index (χ4v) is 11.6. The summed E-state index contributed by atoms with van der Waals surface area (Å²) < 4.78 is 6.30. The largest absolute Gasteiger partial charge is 0.299 e. The second-order valence-electron chi connectivity index (χ2n) is 17.8. The van der Waals surface area contributed by atoms with E-state index in [0.29, 0.717) is 18.0 Å². The summed E-state index contributed by atoms with van der Waals surface area (Å²) >= 11 is 0. The van der Waals surface area contributed by atoms with Gasteiger partial charge in [-0.3, -0.25) is 13.6 Å². The average molecular weight is 689 g/mol. The lowest BCUT2D eigenvalue weighted by Gasteiger charge is -2.35. The van der Waals surface area contributed by atoms with Gasteiger partial charge in [0.25, 0.3) is 6.71 Å². The molecule has 14 rings (SSSR count). The van der Waals surface area contributed by atoms with Crippen molar-refractivity contribution in [2.75, 3.05) is 13.1 Å². The van der Waals surface area contributed by atoms with Crippen LogP contribution < -0.4 is 16.4 Å². The SMILES string of the molecule is CC.CC/C=C/c1c(C2CC2)cc2c3c1ncn3-c1c3c(c4ccc5cc(C(C)(C)C)cc6ccc1c4c65)-n1cnc4c5c(cc(c41)B32)C1C[N+]12CC52. The number of allylic oxidation sites excluding steroid dienone is 1. The van der Waals surface area contributed by atoms with Crippen molar-refractivity contribution in [3.05, 3.63) is 95.1 Å². The van der Waals surface area contributed by atoms with Crippen LogP contribution in [-0.4, -0.2) is 43.4 Å². The van der Waals surface area contributed by atoms with Gasteiger partial charge in [-0.1, -0.05) is 102 Å². The molecule has 6 aliphatic rings. The number of hydrogen-bond donors (Lipinski definition) is 0. The molecule has 3 fully saturated rings. The minimum absolute atomic E-state index is 0.0735. The Kier molecular flexibility index (Phi) is 5.13. The van der Waals surface area contributed by atoms with Crippen molar-refractivity contribution < 1.29 is 4.48 Å². The van der Waals surface area contributed by atoms with E-state index in [1.807, 2.05) is 13.8 Å². The van der Waals surface area contributed by atoms with Gasteiger partial charge in [-0.2, -0.15) is 0 Å². The van der Waals surface area contributed by atoms with Crippen LogP contribution in [0.1, 0.15) is 107 Å². The summed E-state index contributed by atoms with van der Waals surface area (Å²) in [6.07, 6.45) is 12.6. The van der Waals surface area contributed by atoms with Gasteiger partial charge in [-0.15, -0.1) is 0 Å². The number of benzene rings is 6. The first-order chi connectivity index (χ1) is 25.9. The third kappa shape index (κ3) is 3.30. The fourth-order valence-electron chi connectivity index (χ4n) is 11.6. The summed E-state index contributed by atoms with van der Waals surface area (Å²) in [7, 11) is 0. The number of aromatic nitrogens is 4. The van der Waals surface area contributed by atoms with E-state index in [9.17, 15) is 0 Å². The van der Waals surface area contributed by atoms with Crippen LogP contribution in [0.15, 0.2) is 67.3 Å². The van der Waals surface area contributed by atoms with Crippen molar-refractivity contribution in [3.63, 3.8) is 0 Å². The average Bonchev–Trinajstić information content (AvgIpc) is 4.13. The summed E-state index contributed by atoms with van der Waals surface area (Å²) in [5.74, 6) is 0.626. The van der Waals surface area contributed by atoms with Crippen molar-refractivity contribution in [3.8, 4) is 11.4 Å². The molecule has 5 aliphatic heterocycles. The molecule has 1 aliphatic carbocycles. The first-order valence-corrected chi connectivity index (χ1v) is 20.3. The molecule has 53 heavy (non-hydrogen) atoms. The van der Waals surface area contributed by atoms with Gasteiger partial charge in [0.2, 0.25) is 0 Å². The second-order valence-corrected chi connectivity index (χ2v) is 17.8. The standard InChI is InChI=1S/C45H37BN5.C2H6/c1-5-6-7-26-29(22-8-9-22)16-31-43-39(26)47-20-49(43)41-27-12-10-23-14-25(45(2,3)4)15-24-11-13-28(36(27)35(23)24)42-38(41)46(31)32-17-30-33-18-51(33)19-34(51)37(30)40-44(32)50(42)21-48-40;1-2/h6-7,10-17,20-22,33-34H,5,8-9,18-19H2,1-4H3;1-2H3/q+1;/b7-6+;. The maximum absolute atomic E-state index is 5.37. The quantitative estimate of drug-likeness (QED) is 0.0805. The molecule has 3 atom stereocenters. The molecule has 258 valence electrons. The van der Waals surface area contributed by atoms with Crippen LogP contribution in [0.4, 0.5) is 0 Å². The maximum Gasteiger partial charge on any atom is 0.252 e. The lowest BCUT2D eigenvalue weighted by atomic mass is 9.33. The predicted octanol–water partition coefficient (Wildman–Crippen LogP) is 8.97. The van der Waals surface area contributed by atoms with Gasteiger partial charge in [0.15, 0.2) is 12.1 Å². The second kappa shape index (κ2) is 9.22. The van der Waals surface area contributed by atoms with Crippen molar-refractivity contribution in [1.29, 1.82) is 0 Å². The molecule has 1 saturated carbocycles. The van der Waals surface area contributed by atoms with Crippen LogP contribution >= 0.6 is 0 Å². The first-order valence-electron chi connectivity index (χ1n) is 20.3. The number of hydrogen-bond acceptors (Lipinski definition) is 2. The Balaban J connectivity index is 0.00000149. The van der Waals surface area contributed by atoms with Crippen molar-refractivity contribution >= 4 is 83.6 Å². The summed E-state index contributed by atoms with van der Waals surface area (Å²) in [5.41, 5.74) is 19.5. The Labute approximate surface area is 309 Å². The fraction of sp³-hybridized carbons (Fsp3) is 0.319. The van der Waals surface area contributed by atoms with Gasteiger partial charge >= 0.3 is 0 Å². The molecule has 2 saturated heterocycles. The van der Waals surface area contributed by atoms with Gasteiger partial charge in [0, 0.05) is 27.3 Å². The minimum Gasteiger partial charge on any atom is -0.299 e. The van der Waals surface area contributed by atoms with E-state index in [2.05, 4.69) is 110 Å². The van der Waals surface area contributed by atoms with Crippen LogP contribution in [0.3, 0.4) is 0 Å². The number of rotatable bonds is 3. The van der Waals surface area contributed by atoms with Gasteiger partial charge in [-0.05, 0) is 74.3 Å². The third-order valence-electron chi connectivity index (χ3n) is 14.2. The van der Waals surface area contributed by atoms with Crippen LogP contribution in [0.25, 0.3) is 71.8 Å². The number of imidazole rings is 2. The summed E-state index contributed by atoms with van der Waals surface area (Å²) in [6, 6.07) is 21.1. The van der Waals surface area contributed by atoms with Gasteiger partial charge in [-0.25, -0.2) is 9.97 Å². The lowest BCUT2D eigenvalue weighted by Crippen LogP contribution is -2.59. The Morgan fingerprint density at radius 1 is 0.792 bits per heavy atom. The highest BCUT2D eigenvalue weighted by Crippen LogP contribution is 2.72. The molecule has 8 aromatic rings. The van der Waals surface area contributed by atoms with Crippen LogP contribution in [0, 0.1) is 0 Å². The first kappa shape index (κ1) is 29.5. The van der Waals surface area contributed by atoms with Crippen LogP contribution in [-0.2, 0) is 5.41 Å². The zero-order chi connectivity index (χ0) is 35.4. The van der Waals surface area contributed by atoms with E-state index in [0.717, 1.165) is 6.42 Å². The Hall–Kier alpha value is -4.94. The maximum atomic E-state index is 5.37. The molecule has 0 amide bonds. The van der Waals surface area contributed by atoms with Crippen molar-refractivity contribution in [2.45, 2.75) is 84.2 Å². The Morgan fingerprint density at radius 3 is 2.06 bits per heavy atom. The molecule has 0 bridgehead atoms. The highest BCUT2D eigenvalue weighted by Gasteiger charge is 2.80. The minimum atomic E-state index is 0.0735. The lowest BCUT2D eigenvalue weighted by molar-refractivity contribution is -0.684. The summed E-state index contributed by atoms with van der Waals surface area (Å²) in [6.45, 7) is 16.0. The third-order valence-corrected chi connectivity index (χ3v) is 14.2. The molecule has 7 heterocycles. The zero-order valence-electron chi connectivity index (χ0n) is 31.5. The van der Waals surface area contributed by atoms with Gasteiger partial charge in [0.05, 0.1) is 39.0 Å². The van der Waals surface area contributed by atoms with E-state index in [1.165, 1.54) is 129 Å². The molecular weight excluding hydrogens is 645 g/mol. The number of nitrogens with zero attached hydrogens (tertiary/aromatic N) is 5. The van der Waals surface area contributed by atoms with Crippen LogP contribution in [0.5, 0.6) is 0 Å². The Bertz CT molecular complexity index is 3020. The summed E-state index contributed by atoms with van der Waals surface area (Å²) in [4.78, 5) is 10.7. The normalized spacial score (nSPS) is 22.6. The predicted molar refractivity (Wildman–Crippen MR) is 221 cm³/mol. The molecule has 0 radical (unpaired) electrons. The molecule has 5 nitrogen and oxygen atoms in total. The molecular formula is C47H43BN5+. The van der Waals surface area contributed by atoms with E-state index in [1.54, 1.807) is 11.1 Å². The van der Waals surface area contributed by atoms with Crippen molar-refractivity contribution in [2.24, 2.45) is 0 Å². The van der Waals surface area contributed by atoms with E-state index in [-0.39, 0.29) is 12.1 Å². The van der Waals surface area contributed by atoms with E-state index >= 15 is 0 Å². The highest BCUT2D eigenvalue weighted by atomic mass is 15.7. The number of quaternary nitrogens is 1. The topological polar surface area (TPSA) is 35.6 Å². The van der Waals surface area contributed by atoms with Crippen LogP contribution in [0.2, 0.25) is 0 Å². The van der Waals surface area contributed by atoms with Gasteiger partial charge in [0.1, 0.15) is 25.7 Å². The molecule has 6 aromatic carbocycles. The van der Waals surface area contributed by atoms with E-state index < -0.39 is 0 Å². The van der Waals surface area contributed by atoms with Gasteiger partial charge < -0.3 is 0 Å². The van der Waals surface area contributed by atoms with Crippen molar-refractivity contribution in [1.82, 2.24) is 19.1 Å². The molecule has 1 spiro atoms. The molecule has 0 N–H and O–H groups in total. The molecule has 3 unspecified atom stereocenters. The highest BCUT2D eigenvalue weighted by molar-refractivity contribution is 7.00.